The molecule has 28 heavy (non-hydrogen) atoms. The van der Waals surface area contributed by atoms with Crippen LogP contribution in [0.5, 0.6) is 0 Å². The van der Waals surface area contributed by atoms with Crippen molar-refractivity contribution in [3.05, 3.63) is 0 Å². The van der Waals surface area contributed by atoms with Gasteiger partial charge in [0, 0.05) is 13.3 Å². The van der Waals surface area contributed by atoms with Gasteiger partial charge in [-0.15, -0.1) is 0 Å². The average molecular weight is 393 g/mol. The monoisotopic (exact) mass is 393 g/mol. The molecule has 4 aliphatic rings. The van der Waals surface area contributed by atoms with E-state index in [4.69, 9.17) is 15.6 Å². The molecule has 0 aromatic carbocycles. The molecule has 4 rings (SSSR count). The largest absolute Gasteiger partial charge is 0.400 e. The number of fused-ring (bicyclic) bond motifs is 1. The highest BCUT2D eigenvalue weighted by Gasteiger charge is 2.42. The Morgan fingerprint density at radius 1 is 1.29 bits per heavy atom. The number of nitrogens with two attached hydrogens (primary N) is 1. The number of guanidine groups is 1. The lowest BCUT2D eigenvalue weighted by Gasteiger charge is -2.31. The molecule has 156 valence electrons. The number of hydrogen-bond donors (Lipinski definition) is 4. The molecule has 4 unspecified atom stereocenters. The minimum absolute atomic E-state index is 0.0329. The number of hydrogen-bond acceptors (Lipinski definition) is 10. The van der Waals surface area contributed by atoms with Crippen LogP contribution in [0.2, 0.25) is 0 Å². The number of rotatable bonds is 4. The van der Waals surface area contributed by atoms with Crippen LogP contribution in [-0.2, 0) is 4.74 Å². The van der Waals surface area contributed by atoms with Crippen molar-refractivity contribution in [2.24, 2.45) is 31.7 Å². The Labute approximate surface area is 165 Å². The molecule has 0 amide bonds. The van der Waals surface area contributed by atoms with E-state index in [2.05, 4.69) is 25.5 Å². The van der Waals surface area contributed by atoms with Crippen LogP contribution in [-0.4, -0.2) is 77.7 Å². The number of ether oxygens (including phenoxy) is 1. The summed E-state index contributed by atoms with van der Waals surface area (Å²) >= 11 is 0. The topological polar surface area (TPSA) is 140 Å². The second kappa shape index (κ2) is 9.94. The Kier molecular flexibility index (Phi) is 7.35. The van der Waals surface area contributed by atoms with E-state index in [-0.39, 0.29) is 31.1 Å². The minimum Gasteiger partial charge on any atom is -0.400 e. The van der Waals surface area contributed by atoms with Crippen LogP contribution in [0.15, 0.2) is 20.1 Å². The number of nitrogens with zero attached hydrogens (tertiary/aromatic N) is 5. The third-order valence-corrected chi connectivity index (χ3v) is 5.46. The molecule has 1 aliphatic carbocycles. The van der Waals surface area contributed by atoms with Crippen LogP contribution in [0.1, 0.15) is 44.9 Å². The van der Waals surface area contributed by atoms with Crippen molar-refractivity contribution in [1.82, 2.24) is 10.3 Å². The van der Waals surface area contributed by atoms with Gasteiger partial charge in [-0.2, -0.15) is 10.1 Å². The molecule has 0 radical (unpaired) electrons. The van der Waals surface area contributed by atoms with Crippen molar-refractivity contribution in [3.8, 4) is 0 Å². The molecule has 3 aliphatic heterocycles. The van der Waals surface area contributed by atoms with Gasteiger partial charge in [0.1, 0.15) is 18.1 Å². The predicted molar refractivity (Wildman–Crippen MR) is 108 cm³/mol. The van der Waals surface area contributed by atoms with Gasteiger partial charge in [-0.3, -0.25) is 4.99 Å². The summed E-state index contributed by atoms with van der Waals surface area (Å²) in [6, 6.07) is -0.292. The molecular formula is C18H31N7O3. The Hall–Kier alpha value is -2.04. The van der Waals surface area contributed by atoms with Crippen molar-refractivity contribution < 1.29 is 14.9 Å². The van der Waals surface area contributed by atoms with Gasteiger partial charge in [-0.1, -0.05) is 19.3 Å². The first-order valence-electron chi connectivity index (χ1n) is 9.97. The Bertz CT molecular complexity index is 631. The predicted octanol–water partition coefficient (Wildman–Crippen LogP) is 0.0134. The highest BCUT2D eigenvalue weighted by atomic mass is 16.5. The quantitative estimate of drug-likeness (QED) is 0.392. The van der Waals surface area contributed by atoms with Crippen molar-refractivity contribution >= 4 is 24.3 Å². The van der Waals surface area contributed by atoms with Gasteiger partial charge < -0.3 is 25.6 Å². The maximum atomic E-state index is 9.28. The third-order valence-electron chi connectivity index (χ3n) is 5.46. The molecule has 0 aromatic heterocycles. The molecule has 2 fully saturated rings. The third kappa shape index (κ3) is 4.68. The van der Waals surface area contributed by atoms with Crippen molar-refractivity contribution in [1.29, 1.82) is 0 Å². The van der Waals surface area contributed by atoms with Gasteiger partial charge in [0.2, 0.25) is 5.96 Å². The smallest absolute Gasteiger partial charge is 0.242 e. The van der Waals surface area contributed by atoms with E-state index < -0.39 is 0 Å². The SMILES string of the molecule is CO.NC1=NC(N/N=C\C2CCCCC2)=NC2C1N=CN2C1CCC(CO)O1. The summed E-state index contributed by atoms with van der Waals surface area (Å²) in [7, 11) is 1.00. The molecule has 0 aromatic rings. The highest BCUT2D eigenvalue weighted by Crippen LogP contribution is 2.29. The molecule has 10 heteroatoms. The summed E-state index contributed by atoms with van der Waals surface area (Å²) in [6.45, 7) is 0.0329. The zero-order chi connectivity index (χ0) is 19.9. The molecule has 3 heterocycles. The maximum absolute atomic E-state index is 9.28. The van der Waals surface area contributed by atoms with Crippen LogP contribution in [0, 0.1) is 5.92 Å². The maximum Gasteiger partial charge on any atom is 0.242 e. The van der Waals surface area contributed by atoms with Crippen LogP contribution in [0.4, 0.5) is 0 Å². The van der Waals surface area contributed by atoms with Gasteiger partial charge in [-0.25, -0.2) is 10.4 Å². The molecule has 1 saturated carbocycles. The second-order valence-corrected chi connectivity index (χ2v) is 7.32. The summed E-state index contributed by atoms with van der Waals surface area (Å²) in [5.74, 6) is 1.36. The summed E-state index contributed by atoms with van der Waals surface area (Å²) in [5, 5.41) is 20.6. The van der Waals surface area contributed by atoms with Crippen LogP contribution >= 0.6 is 0 Å². The van der Waals surface area contributed by atoms with E-state index >= 15 is 0 Å². The Morgan fingerprint density at radius 3 is 2.79 bits per heavy atom. The molecule has 5 N–H and O–H groups in total. The average Bonchev–Trinajstić information content (AvgIpc) is 3.37. The molecular weight excluding hydrogens is 362 g/mol. The summed E-state index contributed by atoms with van der Waals surface area (Å²) in [6.07, 6.45) is 11.1. The van der Waals surface area contributed by atoms with Crippen LogP contribution in [0.3, 0.4) is 0 Å². The van der Waals surface area contributed by atoms with Crippen LogP contribution in [0.25, 0.3) is 0 Å². The van der Waals surface area contributed by atoms with E-state index in [1.165, 1.54) is 32.1 Å². The Balaban J connectivity index is 0.00000109. The fourth-order valence-corrected chi connectivity index (χ4v) is 3.99. The van der Waals surface area contributed by atoms with Crippen LogP contribution < -0.4 is 11.2 Å². The van der Waals surface area contributed by atoms with Crippen molar-refractivity contribution in [3.63, 3.8) is 0 Å². The van der Waals surface area contributed by atoms with E-state index in [0.29, 0.717) is 17.7 Å². The molecule has 4 atom stereocenters. The van der Waals surface area contributed by atoms with E-state index in [9.17, 15) is 5.11 Å². The van der Waals surface area contributed by atoms with E-state index in [1.807, 2.05) is 11.1 Å². The molecule has 10 nitrogen and oxygen atoms in total. The first kappa shape index (κ1) is 20.7. The zero-order valence-corrected chi connectivity index (χ0v) is 16.3. The molecule has 1 saturated heterocycles. The van der Waals surface area contributed by atoms with Gasteiger partial charge in [0.25, 0.3) is 0 Å². The van der Waals surface area contributed by atoms with Crippen molar-refractivity contribution in [2.45, 2.75) is 69.5 Å². The fourth-order valence-electron chi connectivity index (χ4n) is 3.99. The summed E-state index contributed by atoms with van der Waals surface area (Å²) in [5.41, 5.74) is 9.03. The van der Waals surface area contributed by atoms with Gasteiger partial charge >= 0.3 is 0 Å². The van der Waals surface area contributed by atoms with E-state index in [1.54, 1.807) is 6.34 Å². The van der Waals surface area contributed by atoms with Gasteiger partial charge in [0.05, 0.1) is 19.0 Å². The number of amidine groups is 1. The van der Waals surface area contributed by atoms with E-state index in [0.717, 1.165) is 20.0 Å². The standard InChI is InChI=1S/C17H27N7O2.CH4O/c18-15-14-16(24(10-19-14)13-7-6-12(9-25)26-13)22-17(21-15)23-20-8-11-4-2-1-3-5-11;1-2/h8,10-14,16,25H,1-7,9H2,(H3,18,21,22,23);2H,1H3/b20-8-;. The Morgan fingerprint density at radius 2 is 2.07 bits per heavy atom. The number of nitrogens with one attached hydrogen (secondary N) is 1. The molecule has 0 bridgehead atoms. The summed E-state index contributed by atoms with van der Waals surface area (Å²) < 4.78 is 5.86. The first-order valence-corrected chi connectivity index (χ1v) is 9.97. The lowest BCUT2D eigenvalue weighted by atomic mass is 9.90. The highest BCUT2D eigenvalue weighted by molar-refractivity contribution is 6.01. The normalized spacial score (nSPS) is 32.6. The molecule has 0 spiro atoms. The minimum atomic E-state index is -0.292. The first-order chi connectivity index (χ1) is 13.7. The zero-order valence-electron chi connectivity index (χ0n) is 16.3. The van der Waals surface area contributed by atoms with Crippen molar-refractivity contribution in [2.75, 3.05) is 13.7 Å². The lowest BCUT2D eigenvalue weighted by molar-refractivity contribution is -0.0486. The fraction of sp³-hybridized carbons (Fsp3) is 0.778. The second-order valence-electron chi connectivity index (χ2n) is 7.32. The number of hydrazone groups is 1. The lowest BCUT2D eigenvalue weighted by Crippen LogP contribution is -2.49. The summed E-state index contributed by atoms with van der Waals surface area (Å²) in [4.78, 5) is 15.3. The van der Waals surface area contributed by atoms with Gasteiger partial charge in [0.15, 0.2) is 6.17 Å². The number of aliphatic imine (C=N–C) groups is 3. The number of aliphatic hydroxyl groups excluding tert-OH is 2. The van der Waals surface area contributed by atoms with Gasteiger partial charge in [-0.05, 0) is 31.6 Å². The number of aliphatic hydroxyl groups is 2.